The van der Waals surface area contributed by atoms with Crippen LogP contribution >= 0.6 is 0 Å². The molecule has 5 nitrogen and oxygen atoms in total. The lowest BCUT2D eigenvalue weighted by atomic mass is 10.0. The van der Waals surface area contributed by atoms with Crippen molar-refractivity contribution in [1.29, 1.82) is 0 Å². The van der Waals surface area contributed by atoms with Crippen molar-refractivity contribution < 1.29 is 4.79 Å². The van der Waals surface area contributed by atoms with E-state index in [2.05, 4.69) is 5.10 Å². The van der Waals surface area contributed by atoms with Crippen LogP contribution in [0.15, 0.2) is 0 Å². The van der Waals surface area contributed by atoms with Crippen LogP contribution in [0.3, 0.4) is 0 Å². The van der Waals surface area contributed by atoms with Gasteiger partial charge in [0.2, 0.25) is 0 Å². The number of carbonyl (C=O) groups excluding carboxylic acids is 1. The highest BCUT2D eigenvalue weighted by atomic mass is 16.2. The van der Waals surface area contributed by atoms with Crippen molar-refractivity contribution in [3.63, 3.8) is 0 Å². The molecule has 0 aromatic carbocycles. The quantitative estimate of drug-likeness (QED) is 0.849. The smallest absolute Gasteiger partial charge is 0.257 e. The summed E-state index contributed by atoms with van der Waals surface area (Å²) in [5.74, 6) is -0.0245. The minimum absolute atomic E-state index is 0.0245. The summed E-state index contributed by atoms with van der Waals surface area (Å²) in [5, 5.41) is 4.26. The van der Waals surface area contributed by atoms with Gasteiger partial charge in [0.1, 0.15) is 0 Å². The van der Waals surface area contributed by atoms with E-state index in [4.69, 9.17) is 5.73 Å². The molecule has 0 unspecified atom stereocenters. The third kappa shape index (κ3) is 2.34. The maximum absolute atomic E-state index is 12.4. The molecule has 0 aliphatic heterocycles. The Hall–Kier alpha value is -1.36. The average Bonchev–Trinajstić information content (AvgIpc) is 2.51. The fourth-order valence-corrected chi connectivity index (χ4v) is 1.66. The molecular weight excluding hydrogens is 216 g/mol. The highest BCUT2D eigenvalue weighted by Gasteiger charge is 2.29. The average molecular weight is 238 g/mol. The van der Waals surface area contributed by atoms with E-state index in [0.717, 1.165) is 11.4 Å². The molecule has 1 heterocycles. The highest BCUT2D eigenvalue weighted by molar-refractivity contribution is 5.96. The van der Waals surface area contributed by atoms with Crippen LogP contribution in [-0.4, -0.2) is 39.7 Å². The van der Waals surface area contributed by atoms with Crippen LogP contribution in [0.5, 0.6) is 0 Å². The maximum Gasteiger partial charge on any atom is 0.257 e. The summed E-state index contributed by atoms with van der Waals surface area (Å²) >= 11 is 0. The highest BCUT2D eigenvalue weighted by Crippen LogP contribution is 2.19. The molecular formula is C12H22N4O. The van der Waals surface area contributed by atoms with Gasteiger partial charge in [0.05, 0.1) is 11.3 Å². The molecule has 1 rings (SSSR count). The molecule has 1 amide bonds. The van der Waals surface area contributed by atoms with Gasteiger partial charge in [-0.15, -0.1) is 0 Å². The first-order valence-electron chi connectivity index (χ1n) is 5.70. The number of likely N-dealkylation sites (N-methyl/N-ethyl adjacent to an activating group) is 1. The fraction of sp³-hybridized carbons (Fsp3) is 0.667. The number of nitrogens with zero attached hydrogens (tertiary/aromatic N) is 3. The van der Waals surface area contributed by atoms with Gasteiger partial charge in [-0.3, -0.25) is 9.48 Å². The van der Waals surface area contributed by atoms with Gasteiger partial charge in [-0.05, 0) is 27.7 Å². The Balaban J connectivity index is 3.13. The lowest BCUT2D eigenvalue weighted by molar-refractivity contribution is 0.0638. The van der Waals surface area contributed by atoms with E-state index in [0.29, 0.717) is 12.1 Å². The van der Waals surface area contributed by atoms with E-state index in [1.54, 1.807) is 16.6 Å². The van der Waals surface area contributed by atoms with Crippen molar-refractivity contribution in [3.05, 3.63) is 17.0 Å². The molecule has 96 valence electrons. The van der Waals surface area contributed by atoms with Gasteiger partial charge in [0.15, 0.2) is 0 Å². The van der Waals surface area contributed by atoms with E-state index >= 15 is 0 Å². The fourth-order valence-electron chi connectivity index (χ4n) is 1.66. The number of hydrogen-bond donors (Lipinski definition) is 1. The maximum atomic E-state index is 12.4. The van der Waals surface area contributed by atoms with E-state index in [9.17, 15) is 4.79 Å². The largest absolute Gasteiger partial charge is 0.335 e. The summed E-state index contributed by atoms with van der Waals surface area (Å²) in [5.41, 5.74) is 7.65. The molecule has 0 atom stereocenters. The Labute approximate surface area is 103 Å². The normalized spacial score (nSPS) is 11.7. The number of carbonyl (C=O) groups is 1. The third-order valence-corrected chi connectivity index (χ3v) is 3.44. The molecule has 0 saturated carbocycles. The first kappa shape index (κ1) is 13.7. The summed E-state index contributed by atoms with van der Waals surface area (Å²) in [6.45, 7) is 8.07. The van der Waals surface area contributed by atoms with Crippen LogP contribution in [-0.2, 0) is 7.05 Å². The van der Waals surface area contributed by atoms with Gasteiger partial charge >= 0.3 is 0 Å². The van der Waals surface area contributed by atoms with Crippen molar-refractivity contribution in [3.8, 4) is 0 Å². The van der Waals surface area contributed by atoms with Crippen molar-refractivity contribution >= 4 is 5.91 Å². The Morgan fingerprint density at radius 1 is 1.47 bits per heavy atom. The second-order valence-electron chi connectivity index (χ2n) is 5.05. The van der Waals surface area contributed by atoms with Crippen molar-refractivity contribution in [2.24, 2.45) is 12.8 Å². The van der Waals surface area contributed by atoms with Crippen LogP contribution in [0.25, 0.3) is 0 Å². The SMILES string of the molecule is Cc1nn(C)c(C)c1C(=O)N(C)C(C)(C)CN. The Morgan fingerprint density at radius 3 is 2.35 bits per heavy atom. The van der Waals surface area contributed by atoms with Gasteiger partial charge in [0, 0.05) is 31.9 Å². The molecule has 0 saturated heterocycles. The van der Waals surface area contributed by atoms with E-state index in [-0.39, 0.29) is 11.4 Å². The van der Waals surface area contributed by atoms with Crippen LogP contribution < -0.4 is 5.73 Å². The topological polar surface area (TPSA) is 64.2 Å². The van der Waals surface area contributed by atoms with E-state index in [1.165, 1.54) is 0 Å². The molecule has 0 aliphatic rings. The number of rotatable bonds is 3. The van der Waals surface area contributed by atoms with Crippen LogP contribution in [0.4, 0.5) is 0 Å². The number of aryl methyl sites for hydroxylation is 2. The Morgan fingerprint density at radius 2 is 2.00 bits per heavy atom. The zero-order chi connectivity index (χ0) is 13.4. The monoisotopic (exact) mass is 238 g/mol. The molecule has 2 N–H and O–H groups in total. The molecule has 0 bridgehead atoms. The molecule has 17 heavy (non-hydrogen) atoms. The van der Waals surface area contributed by atoms with Gasteiger partial charge in [0.25, 0.3) is 5.91 Å². The number of hydrogen-bond acceptors (Lipinski definition) is 3. The molecule has 0 fully saturated rings. The number of amides is 1. The summed E-state index contributed by atoms with van der Waals surface area (Å²) in [6, 6.07) is 0. The summed E-state index contributed by atoms with van der Waals surface area (Å²) in [6.07, 6.45) is 0. The standard InChI is InChI=1S/C12H22N4O/c1-8-10(9(2)16(6)14-8)11(17)15(5)12(3,4)7-13/h7,13H2,1-6H3. The van der Waals surface area contributed by atoms with E-state index in [1.807, 2.05) is 34.7 Å². The van der Waals surface area contributed by atoms with Gasteiger partial charge in [-0.1, -0.05) is 0 Å². The molecule has 0 radical (unpaired) electrons. The summed E-state index contributed by atoms with van der Waals surface area (Å²) < 4.78 is 1.73. The van der Waals surface area contributed by atoms with Crippen LogP contribution in [0.2, 0.25) is 0 Å². The molecule has 1 aromatic heterocycles. The van der Waals surface area contributed by atoms with Gasteiger partial charge in [-0.25, -0.2) is 0 Å². The lowest BCUT2D eigenvalue weighted by Gasteiger charge is -2.34. The van der Waals surface area contributed by atoms with Gasteiger partial charge < -0.3 is 10.6 Å². The second-order valence-corrected chi connectivity index (χ2v) is 5.05. The van der Waals surface area contributed by atoms with Crippen molar-refractivity contribution in [2.45, 2.75) is 33.2 Å². The Kier molecular flexibility index (Phi) is 3.62. The third-order valence-electron chi connectivity index (χ3n) is 3.44. The molecule has 5 heteroatoms. The van der Waals surface area contributed by atoms with Gasteiger partial charge in [-0.2, -0.15) is 5.10 Å². The zero-order valence-electron chi connectivity index (χ0n) is 11.5. The number of nitrogens with two attached hydrogens (primary N) is 1. The summed E-state index contributed by atoms with van der Waals surface area (Å²) in [7, 11) is 3.62. The first-order chi connectivity index (χ1) is 7.72. The molecule has 0 spiro atoms. The van der Waals surface area contributed by atoms with Crippen molar-refractivity contribution in [1.82, 2.24) is 14.7 Å². The number of aromatic nitrogens is 2. The predicted octanol–water partition coefficient (Wildman–Crippen LogP) is 0.846. The molecule has 1 aromatic rings. The second kappa shape index (κ2) is 4.49. The molecule has 0 aliphatic carbocycles. The van der Waals surface area contributed by atoms with Crippen molar-refractivity contribution in [2.75, 3.05) is 13.6 Å². The van der Waals surface area contributed by atoms with E-state index < -0.39 is 0 Å². The Bertz CT molecular complexity index is 434. The summed E-state index contributed by atoms with van der Waals surface area (Å²) in [4.78, 5) is 14.1. The minimum atomic E-state index is -0.355. The minimum Gasteiger partial charge on any atom is -0.335 e. The predicted molar refractivity (Wildman–Crippen MR) is 67.9 cm³/mol. The lowest BCUT2D eigenvalue weighted by Crippen LogP contribution is -2.50. The first-order valence-corrected chi connectivity index (χ1v) is 5.70. The van der Waals surface area contributed by atoms with Crippen LogP contribution in [0.1, 0.15) is 35.6 Å². The zero-order valence-corrected chi connectivity index (χ0v) is 11.5. The van der Waals surface area contributed by atoms with Crippen LogP contribution in [0, 0.1) is 13.8 Å².